The summed E-state index contributed by atoms with van der Waals surface area (Å²) in [5.74, 6) is 1.27. The van der Waals surface area contributed by atoms with E-state index >= 15 is 0 Å². The van der Waals surface area contributed by atoms with Crippen LogP contribution in [0.1, 0.15) is 28.1 Å². The zero-order valence-corrected chi connectivity index (χ0v) is 10.8. The fraction of sp³-hybridized carbons (Fsp3) is 0.429. The van der Waals surface area contributed by atoms with Gasteiger partial charge in [0.15, 0.2) is 0 Å². The summed E-state index contributed by atoms with van der Waals surface area (Å²) in [5.41, 5.74) is 0.512. The van der Waals surface area contributed by atoms with E-state index in [1.54, 1.807) is 6.07 Å². The van der Waals surface area contributed by atoms with E-state index in [-0.39, 0.29) is 5.91 Å². The SMILES string of the molecule is N#Cc1ccsc1C(=O)N1CC2CC=CCC2C1. The predicted molar refractivity (Wildman–Crippen MR) is 70.3 cm³/mol. The molecule has 4 heteroatoms. The summed E-state index contributed by atoms with van der Waals surface area (Å²) in [6, 6.07) is 3.82. The van der Waals surface area contributed by atoms with Crippen molar-refractivity contribution in [2.24, 2.45) is 11.8 Å². The number of carbonyl (C=O) groups excluding carboxylic acids is 1. The summed E-state index contributed by atoms with van der Waals surface area (Å²) in [4.78, 5) is 14.9. The molecule has 1 amide bonds. The van der Waals surface area contributed by atoms with Gasteiger partial charge in [0, 0.05) is 13.1 Å². The number of rotatable bonds is 1. The molecule has 0 N–H and O–H groups in total. The Balaban J connectivity index is 1.77. The molecule has 1 saturated heterocycles. The molecule has 0 aromatic carbocycles. The van der Waals surface area contributed by atoms with Crippen LogP contribution in [0.5, 0.6) is 0 Å². The summed E-state index contributed by atoms with van der Waals surface area (Å²) in [5, 5.41) is 10.8. The lowest BCUT2D eigenvalue weighted by Crippen LogP contribution is -2.28. The molecule has 0 radical (unpaired) electrons. The first-order valence-corrected chi connectivity index (χ1v) is 7.09. The molecule has 0 spiro atoms. The molecular formula is C14H14N2OS. The summed E-state index contributed by atoms with van der Waals surface area (Å²) in [7, 11) is 0. The second-order valence-corrected chi connectivity index (χ2v) is 5.86. The molecular weight excluding hydrogens is 244 g/mol. The van der Waals surface area contributed by atoms with E-state index in [1.165, 1.54) is 11.3 Å². The lowest BCUT2D eigenvalue weighted by atomic mass is 9.86. The molecule has 2 aliphatic rings. The number of carbonyl (C=O) groups is 1. The van der Waals surface area contributed by atoms with Crippen molar-refractivity contribution in [3.8, 4) is 6.07 Å². The Labute approximate surface area is 110 Å². The van der Waals surface area contributed by atoms with Gasteiger partial charge in [0.05, 0.1) is 5.56 Å². The summed E-state index contributed by atoms with van der Waals surface area (Å²) >= 11 is 1.37. The molecule has 92 valence electrons. The van der Waals surface area contributed by atoms with Gasteiger partial charge in [-0.15, -0.1) is 11.3 Å². The summed E-state index contributed by atoms with van der Waals surface area (Å²) < 4.78 is 0. The van der Waals surface area contributed by atoms with Gasteiger partial charge in [0.25, 0.3) is 5.91 Å². The van der Waals surface area contributed by atoms with Crippen LogP contribution in [0.3, 0.4) is 0 Å². The predicted octanol–water partition coefficient (Wildman–Crippen LogP) is 2.66. The number of hydrogen-bond donors (Lipinski definition) is 0. The van der Waals surface area contributed by atoms with E-state index in [2.05, 4.69) is 18.2 Å². The van der Waals surface area contributed by atoms with Crippen LogP contribution < -0.4 is 0 Å². The molecule has 1 aromatic heterocycles. The third-order valence-electron chi connectivity index (χ3n) is 3.89. The van der Waals surface area contributed by atoms with Crippen molar-refractivity contribution in [3.63, 3.8) is 0 Å². The average Bonchev–Trinajstić information content (AvgIpc) is 3.03. The van der Waals surface area contributed by atoms with Crippen molar-refractivity contribution in [2.75, 3.05) is 13.1 Å². The minimum atomic E-state index is 0.0379. The highest BCUT2D eigenvalue weighted by atomic mass is 32.1. The first-order valence-electron chi connectivity index (χ1n) is 6.21. The first-order chi connectivity index (χ1) is 8.79. The van der Waals surface area contributed by atoms with Gasteiger partial charge in [-0.25, -0.2) is 0 Å². The third-order valence-corrected chi connectivity index (χ3v) is 4.79. The van der Waals surface area contributed by atoms with Crippen molar-refractivity contribution in [1.29, 1.82) is 5.26 Å². The van der Waals surface area contributed by atoms with E-state index in [4.69, 9.17) is 5.26 Å². The Bertz CT molecular complexity index is 524. The zero-order chi connectivity index (χ0) is 12.5. The Hall–Kier alpha value is -1.60. The Morgan fingerprint density at radius 3 is 2.61 bits per heavy atom. The number of nitriles is 1. The number of amides is 1. The van der Waals surface area contributed by atoms with Crippen LogP contribution in [0.2, 0.25) is 0 Å². The van der Waals surface area contributed by atoms with E-state index < -0.39 is 0 Å². The molecule has 0 saturated carbocycles. The van der Waals surface area contributed by atoms with Gasteiger partial charge in [0.2, 0.25) is 0 Å². The van der Waals surface area contributed by atoms with Gasteiger partial charge in [-0.3, -0.25) is 4.79 Å². The normalized spacial score (nSPS) is 25.8. The molecule has 3 nitrogen and oxygen atoms in total. The van der Waals surface area contributed by atoms with Crippen molar-refractivity contribution in [3.05, 3.63) is 34.0 Å². The van der Waals surface area contributed by atoms with E-state index in [0.29, 0.717) is 22.3 Å². The third kappa shape index (κ3) is 1.85. The van der Waals surface area contributed by atoms with Gasteiger partial charge in [-0.2, -0.15) is 5.26 Å². The van der Waals surface area contributed by atoms with E-state index in [9.17, 15) is 4.79 Å². The molecule has 1 aliphatic heterocycles. The van der Waals surface area contributed by atoms with Crippen molar-refractivity contribution < 1.29 is 4.79 Å². The molecule has 1 aromatic rings. The second-order valence-electron chi connectivity index (χ2n) is 4.95. The molecule has 1 aliphatic carbocycles. The van der Waals surface area contributed by atoms with Crippen LogP contribution in [0.15, 0.2) is 23.6 Å². The monoisotopic (exact) mass is 258 g/mol. The molecule has 18 heavy (non-hydrogen) atoms. The summed E-state index contributed by atoms with van der Waals surface area (Å²) in [6.07, 6.45) is 6.62. The van der Waals surface area contributed by atoms with Crippen LogP contribution in [-0.2, 0) is 0 Å². The van der Waals surface area contributed by atoms with Gasteiger partial charge in [-0.05, 0) is 36.1 Å². The fourth-order valence-corrected chi connectivity index (χ4v) is 3.70. The molecule has 1 fully saturated rings. The molecule has 3 rings (SSSR count). The largest absolute Gasteiger partial charge is 0.337 e. The minimum Gasteiger partial charge on any atom is -0.337 e. The lowest BCUT2D eigenvalue weighted by molar-refractivity contribution is 0.0788. The van der Waals surface area contributed by atoms with Gasteiger partial charge in [0.1, 0.15) is 10.9 Å². The van der Waals surface area contributed by atoms with Crippen molar-refractivity contribution in [2.45, 2.75) is 12.8 Å². The maximum absolute atomic E-state index is 12.4. The number of allylic oxidation sites excluding steroid dienone is 2. The minimum absolute atomic E-state index is 0.0379. The van der Waals surface area contributed by atoms with Gasteiger partial charge < -0.3 is 4.90 Å². The Morgan fingerprint density at radius 2 is 2.00 bits per heavy atom. The highest BCUT2D eigenvalue weighted by molar-refractivity contribution is 7.12. The van der Waals surface area contributed by atoms with Crippen molar-refractivity contribution in [1.82, 2.24) is 4.90 Å². The van der Waals surface area contributed by atoms with Crippen LogP contribution in [0, 0.1) is 23.2 Å². The number of hydrogen-bond acceptors (Lipinski definition) is 3. The number of nitrogens with zero attached hydrogens (tertiary/aromatic N) is 2. The van der Waals surface area contributed by atoms with Crippen molar-refractivity contribution >= 4 is 17.2 Å². The van der Waals surface area contributed by atoms with Gasteiger partial charge >= 0.3 is 0 Å². The quantitative estimate of drug-likeness (QED) is 0.727. The maximum Gasteiger partial charge on any atom is 0.265 e. The smallest absolute Gasteiger partial charge is 0.265 e. The van der Waals surface area contributed by atoms with Crippen LogP contribution in [0.25, 0.3) is 0 Å². The van der Waals surface area contributed by atoms with Gasteiger partial charge in [-0.1, -0.05) is 12.2 Å². The molecule has 2 heterocycles. The zero-order valence-electron chi connectivity index (χ0n) is 10.0. The molecule has 2 unspecified atom stereocenters. The van der Waals surface area contributed by atoms with E-state index in [1.807, 2.05) is 10.3 Å². The Morgan fingerprint density at radius 1 is 1.33 bits per heavy atom. The number of thiophene rings is 1. The molecule has 2 atom stereocenters. The van der Waals surface area contributed by atoms with Crippen LogP contribution in [0.4, 0.5) is 0 Å². The highest BCUT2D eigenvalue weighted by Gasteiger charge is 2.36. The maximum atomic E-state index is 12.4. The topological polar surface area (TPSA) is 44.1 Å². The number of fused-ring (bicyclic) bond motifs is 1. The Kier molecular flexibility index (Phi) is 2.92. The average molecular weight is 258 g/mol. The lowest BCUT2D eigenvalue weighted by Gasteiger charge is -2.17. The fourth-order valence-electron chi connectivity index (χ4n) is 2.89. The first kappa shape index (κ1) is 11.5. The summed E-state index contributed by atoms with van der Waals surface area (Å²) in [6.45, 7) is 1.69. The van der Waals surface area contributed by atoms with Crippen LogP contribution in [-0.4, -0.2) is 23.9 Å². The van der Waals surface area contributed by atoms with Crippen LogP contribution >= 0.6 is 11.3 Å². The standard InChI is InChI=1S/C14H14N2OS/c15-7-10-5-6-18-13(10)14(17)16-8-11-3-1-2-4-12(11)9-16/h1-2,5-6,11-12H,3-4,8-9H2. The van der Waals surface area contributed by atoms with E-state index in [0.717, 1.165) is 25.9 Å². The number of likely N-dealkylation sites (tertiary alicyclic amines) is 1. The highest BCUT2D eigenvalue weighted by Crippen LogP contribution is 2.34. The molecule has 0 bridgehead atoms. The second kappa shape index (κ2) is 4.58.